The lowest BCUT2D eigenvalue weighted by molar-refractivity contribution is -0.135. The first-order valence-electron chi connectivity index (χ1n) is 6.66. The quantitative estimate of drug-likeness (QED) is 0.762. The lowest BCUT2D eigenvalue weighted by Crippen LogP contribution is -2.50. The van der Waals surface area contributed by atoms with Crippen LogP contribution in [0.5, 0.6) is 0 Å². The van der Waals surface area contributed by atoms with E-state index >= 15 is 0 Å². The number of ether oxygens (including phenoxy) is 1. The van der Waals surface area contributed by atoms with Crippen LogP contribution in [-0.4, -0.2) is 50.2 Å². The minimum atomic E-state index is 0.0272. The molecule has 0 unspecified atom stereocenters. The molecule has 0 saturated carbocycles. The summed E-state index contributed by atoms with van der Waals surface area (Å²) < 4.78 is 5.08. The predicted molar refractivity (Wildman–Crippen MR) is 68.9 cm³/mol. The van der Waals surface area contributed by atoms with Gasteiger partial charge in [0.25, 0.3) is 0 Å². The summed E-state index contributed by atoms with van der Waals surface area (Å²) in [4.78, 5) is 14.3. The number of hydrogen-bond acceptors (Lipinski definition) is 3. The molecule has 1 heterocycles. The van der Waals surface area contributed by atoms with Crippen LogP contribution in [0.15, 0.2) is 0 Å². The van der Waals surface area contributed by atoms with Gasteiger partial charge in [-0.1, -0.05) is 20.3 Å². The largest absolute Gasteiger partial charge is 0.383 e. The van der Waals surface area contributed by atoms with E-state index in [1.54, 1.807) is 7.11 Å². The fourth-order valence-corrected chi connectivity index (χ4v) is 2.22. The van der Waals surface area contributed by atoms with Crippen molar-refractivity contribution in [2.45, 2.75) is 39.2 Å². The lowest BCUT2D eigenvalue weighted by atomic mass is 10.0. The Morgan fingerprint density at radius 1 is 1.47 bits per heavy atom. The van der Waals surface area contributed by atoms with Gasteiger partial charge in [0.15, 0.2) is 0 Å². The average molecular weight is 242 g/mol. The van der Waals surface area contributed by atoms with Crippen molar-refractivity contribution in [1.29, 1.82) is 0 Å². The summed E-state index contributed by atoms with van der Waals surface area (Å²) in [5.74, 6) is 0.745. The van der Waals surface area contributed by atoms with Crippen molar-refractivity contribution < 1.29 is 9.53 Å². The van der Waals surface area contributed by atoms with E-state index in [0.29, 0.717) is 19.1 Å². The van der Waals surface area contributed by atoms with Crippen molar-refractivity contribution in [2.24, 2.45) is 5.92 Å². The third-order valence-electron chi connectivity index (χ3n) is 3.07. The van der Waals surface area contributed by atoms with Gasteiger partial charge in [0.2, 0.25) is 5.91 Å². The second-order valence-electron chi connectivity index (χ2n) is 5.17. The molecule has 1 saturated heterocycles. The normalized spacial score (nSPS) is 20.6. The Morgan fingerprint density at radius 2 is 2.24 bits per heavy atom. The second-order valence-corrected chi connectivity index (χ2v) is 5.17. The number of nitrogens with one attached hydrogen (secondary N) is 1. The van der Waals surface area contributed by atoms with Crippen molar-refractivity contribution >= 4 is 5.91 Å². The topological polar surface area (TPSA) is 41.6 Å². The van der Waals surface area contributed by atoms with Gasteiger partial charge >= 0.3 is 0 Å². The molecular weight excluding hydrogens is 216 g/mol. The van der Waals surface area contributed by atoms with Crippen molar-refractivity contribution in [3.8, 4) is 0 Å². The standard InChI is InChI=1S/C13H26N2O2/c1-11(2)10-15(8-9-17-3)13(16)12-6-4-5-7-14-12/h11-12,14H,4-10H2,1-3H3/t12-/m1/s1. The van der Waals surface area contributed by atoms with Gasteiger partial charge in [-0.3, -0.25) is 4.79 Å². The molecular formula is C13H26N2O2. The zero-order chi connectivity index (χ0) is 12.7. The molecule has 0 aliphatic carbocycles. The molecule has 0 aromatic carbocycles. The van der Waals surface area contributed by atoms with E-state index in [0.717, 1.165) is 25.9 Å². The Hall–Kier alpha value is -0.610. The van der Waals surface area contributed by atoms with Crippen LogP contribution in [0, 0.1) is 5.92 Å². The molecule has 4 heteroatoms. The molecule has 1 N–H and O–H groups in total. The molecule has 0 aromatic rings. The van der Waals surface area contributed by atoms with Crippen LogP contribution in [0.3, 0.4) is 0 Å². The van der Waals surface area contributed by atoms with Gasteiger partial charge in [0, 0.05) is 20.2 Å². The zero-order valence-corrected chi connectivity index (χ0v) is 11.4. The van der Waals surface area contributed by atoms with Crippen molar-refractivity contribution in [3.63, 3.8) is 0 Å². The minimum Gasteiger partial charge on any atom is -0.383 e. The third-order valence-corrected chi connectivity index (χ3v) is 3.07. The van der Waals surface area contributed by atoms with E-state index in [1.807, 2.05) is 4.90 Å². The summed E-state index contributed by atoms with van der Waals surface area (Å²) in [6.45, 7) is 7.39. The monoisotopic (exact) mass is 242 g/mol. The zero-order valence-electron chi connectivity index (χ0n) is 11.4. The summed E-state index contributed by atoms with van der Waals surface area (Å²) in [5.41, 5.74) is 0. The smallest absolute Gasteiger partial charge is 0.239 e. The molecule has 0 radical (unpaired) electrons. The van der Waals surface area contributed by atoms with Gasteiger partial charge in [-0.25, -0.2) is 0 Å². The molecule has 1 fully saturated rings. The third kappa shape index (κ3) is 5.04. The Morgan fingerprint density at radius 3 is 2.76 bits per heavy atom. The first kappa shape index (κ1) is 14.5. The van der Waals surface area contributed by atoms with Crippen molar-refractivity contribution in [1.82, 2.24) is 10.2 Å². The highest BCUT2D eigenvalue weighted by Gasteiger charge is 2.25. The van der Waals surface area contributed by atoms with Crippen LogP contribution in [-0.2, 0) is 9.53 Å². The summed E-state index contributed by atoms with van der Waals surface area (Å²) in [7, 11) is 1.68. The highest BCUT2D eigenvalue weighted by atomic mass is 16.5. The maximum absolute atomic E-state index is 12.3. The number of rotatable bonds is 6. The van der Waals surface area contributed by atoms with Crippen LogP contribution in [0.4, 0.5) is 0 Å². The Balaban J connectivity index is 2.50. The fourth-order valence-electron chi connectivity index (χ4n) is 2.22. The summed E-state index contributed by atoms with van der Waals surface area (Å²) in [6, 6.07) is 0.0272. The van der Waals surface area contributed by atoms with Gasteiger partial charge in [-0.2, -0.15) is 0 Å². The van der Waals surface area contributed by atoms with Crippen LogP contribution in [0.25, 0.3) is 0 Å². The molecule has 17 heavy (non-hydrogen) atoms. The van der Waals surface area contributed by atoms with Gasteiger partial charge in [-0.15, -0.1) is 0 Å². The number of carbonyl (C=O) groups excluding carboxylic acids is 1. The van der Waals surface area contributed by atoms with Crippen molar-refractivity contribution in [2.75, 3.05) is 33.4 Å². The molecule has 0 aromatic heterocycles. The number of methoxy groups -OCH3 is 1. The minimum absolute atomic E-state index is 0.0272. The van der Waals surface area contributed by atoms with Gasteiger partial charge in [0.1, 0.15) is 0 Å². The Kier molecular flexibility index (Phi) is 6.52. The Bertz CT molecular complexity index is 225. The number of hydrogen-bond donors (Lipinski definition) is 1. The Labute approximate surface area is 105 Å². The number of carbonyl (C=O) groups is 1. The average Bonchev–Trinajstić information content (AvgIpc) is 2.34. The van der Waals surface area contributed by atoms with E-state index in [9.17, 15) is 4.79 Å². The maximum atomic E-state index is 12.3. The summed E-state index contributed by atoms with van der Waals surface area (Å²) in [6.07, 6.45) is 3.32. The summed E-state index contributed by atoms with van der Waals surface area (Å²) in [5, 5.41) is 3.32. The highest BCUT2D eigenvalue weighted by Crippen LogP contribution is 2.11. The van der Waals surface area contributed by atoms with Crippen LogP contribution in [0.1, 0.15) is 33.1 Å². The highest BCUT2D eigenvalue weighted by molar-refractivity contribution is 5.82. The molecule has 0 spiro atoms. The number of piperidine rings is 1. The molecule has 1 aliphatic heterocycles. The van der Waals surface area contributed by atoms with Crippen LogP contribution >= 0.6 is 0 Å². The SMILES string of the molecule is COCCN(CC(C)C)C(=O)[C@H]1CCCCN1. The molecule has 1 amide bonds. The van der Waals surface area contributed by atoms with Crippen molar-refractivity contribution in [3.05, 3.63) is 0 Å². The molecule has 4 nitrogen and oxygen atoms in total. The molecule has 1 aliphatic rings. The molecule has 1 rings (SSSR count). The van der Waals surface area contributed by atoms with Crippen LogP contribution in [0.2, 0.25) is 0 Å². The second kappa shape index (κ2) is 7.67. The molecule has 100 valence electrons. The maximum Gasteiger partial charge on any atom is 0.239 e. The van der Waals surface area contributed by atoms with Gasteiger partial charge in [-0.05, 0) is 25.3 Å². The molecule has 0 bridgehead atoms. The van der Waals surface area contributed by atoms with E-state index in [2.05, 4.69) is 19.2 Å². The number of amides is 1. The van der Waals surface area contributed by atoms with E-state index < -0.39 is 0 Å². The fraction of sp³-hybridized carbons (Fsp3) is 0.923. The van der Waals surface area contributed by atoms with Gasteiger partial charge in [0.05, 0.1) is 12.6 Å². The van der Waals surface area contributed by atoms with Gasteiger partial charge < -0.3 is 15.0 Å². The van der Waals surface area contributed by atoms with E-state index in [1.165, 1.54) is 6.42 Å². The van der Waals surface area contributed by atoms with Crippen LogP contribution < -0.4 is 5.32 Å². The van der Waals surface area contributed by atoms with E-state index in [-0.39, 0.29) is 11.9 Å². The first-order chi connectivity index (χ1) is 8.15. The first-order valence-corrected chi connectivity index (χ1v) is 6.66. The number of nitrogens with zero attached hydrogens (tertiary/aromatic N) is 1. The van der Waals surface area contributed by atoms with E-state index in [4.69, 9.17) is 4.74 Å². The predicted octanol–water partition coefficient (Wildman–Crippen LogP) is 1.26. The summed E-state index contributed by atoms with van der Waals surface area (Å²) >= 11 is 0. The molecule has 1 atom stereocenters. The lowest BCUT2D eigenvalue weighted by Gasteiger charge is -2.31.